The quantitative estimate of drug-likeness (QED) is 0.498. The third kappa shape index (κ3) is 4.37. The van der Waals surface area contributed by atoms with Crippen LogP contribution in [0.1, 0.15) is 11.1 Å². The third-order valence-electron chi connectivity index (χ3n) is 3.29. The van der Waals surface area contributed by atoms with Gasteiger partial charge in [0.1, 0.15) is 13.2 Å². The predicted molar refractivity (Wildman–Crippen MR) is 99.1 cm³/mol. The summed E-state index contributed by atoms with van der Waals surface area (Å²) in [6, 6.07) is 13.6. The van der Waals surface area contributed by atoms with Crippen molar-refractivity contribution in [1.29, 1.82) is 0 Å². The van der Waals surface area contributed by atoms with Crippen molar-refractivity contribution in [3.05, 3.63) is 58.6 Å². The number of hydrazone groups is 1. The lowest BCUT2D eigenvalue weighted by atomic mass is 10.2. The molecule has 2 aromatic carbocycles. The molecule has 0 aromatic heterocycles. The van der Waals surface area contributed by atoms with Gasteiger partial charge in [-0.2, -0.15) is 5.10 Å². The van der Waals surface area contributed by atoms with Gasteiger partial charge in [-0.1, -0.05) is 41.9 Å². The number of nitrogens with zero attached hydrogens (tertiary/aromatic N) is 1. The molecule has 1 heterocycles. The van der Waals surface area contributed by atoms with Gasteiger partial charge in [0, 0.05) is 6.54 Å². The van der Waals surface area contributed by atoms with Crippen LogP contribution < -0.4 is 20.2 Å². The van der Waals surface area contributed by atoms with E-state index in [1.54, 1.807) is 12.3 Å². The summed E-state index contributed by atoms with van der Waals surface area (Å²) in [7, 11) is 0. The van der Waals surface area contributed by atoms with Crippen LogP contribution in [0.4, 0.5) is 0 Å². The Balaban J connectivity index is 1.54. The fourth-order valence-electron chi connectivity index (χ4n) is 2.19. The second-order valence-electron chi connectivity index (χ2n) is 5.07. The van der Waals surface area contributed by atoms with Gasteiger partial charge >= 0.3 is 0 Å². The van der Waals surface area contributed by atoms with Crippen molar-refractivity contribution in [2.75, 3.05) is 13.2 Å². The molecule has 0 saturated carbocycles. The van der Waals surface area contributed by atoms with Crippen LogP contribution in [-0.2, 0) is 6.54 Å². The highest BCUT2D eigenvalue weighted by Gasteiger charge is 2.15. The third-order valence-corrected chi connectivity index (χ3v) is 3.81. The van der Waals surface area contributed by atoms with Crippen LogP contribution in [0.25, 0.3) is 0 Å². The average Bonchev–Trinajstić information content (AvgIpc) is 2.61. The molecule has 5 nitrogen and oxygen atoms in total. The van der Waals surface area contributed by atoms with Gasteiger partial charge in [0.15, 0.2) is 16.6 Å². The van der Waals surface area contributed by atoms with E-state index in [0.29, 0.717) is 41.4 Å². The van der Waals surface area contributed by atoms with Crippen LogP contribution >= 0.6 is 23.8 Å². The van der Waals surface area contributed by atoms with Crippen molar-refractivity contribution in [1.82, 2.24) is 10.7 Å². The zero-order valence-corrected chi connectivity index (χ0v) is 14.4. The van der Waals surface area contributed by atoms with E-state index in [1.165, 1.54) is 0 Å². The molecule has 0 spiro atoms. The Hall–Kier alpha value is -2.31. The molecular weight excluding hydrogens is 346 g/mol. The Morgan fingerprint density at radius 3 is 2.83 bits per heavy atom. The van der Waals surface area contributed by atoms with Gasteiger partial charge in [0.05, 0.1) is 11.2 Å². The summed E-state index contributed by atoms with van der Waals surface area (Å²) in [6.45, 7) is 1.65. The minimum atomic E-state index is 0.443. The van der Waals surface area contributed by atoms with E-state index in [4.69, 9.17) is 33.3 Å². The summed E-state index contributed by atoms with van der Waals surface area (Å²) in [5.41, 5.74) is 4.71. The highest BCUT2D eigenvalue weighted by molar-refractivity contribution is 7.80. The molecular formula is C17H16ClN3O2S. The maximum atomic E-state index is 6.18. The van der Waals surface area contributed by atoms with Gasteiger partial charge in [0.25, 0.3) is 0 Å². The zero-order chi connectivity index (χ0) is 16.8. The van der Waals surface area contributed by atoms with Crippen LogP contribution in [-0.4, -0.2) is 24.5 Å². The van der Waals surface area contributed by atoms with Gasteiger partial charge in [-0.3, -0.25) is 5.43 Å². The van der Waals surface area contributed by atoms with Crippen LogP contribution in [0.3, 0.4) is 0 Å². The summed E-state index contributed by atoms with van der Waals surface area (Å²) < 4.78 is 11.0. The van der Waals surface area contributed by atoms with Crippen LogP contribution in [0.15, 0.2) is 47.6 Å². The first-order chi connectivity index (χ1) is 11.7. The molecule has 0 amide bonds. The molecule has 1 aliphatic heterocycles. The Labute approximate surface area is 150 Å². The van der Waals surface area contributed by atoms with Crippen molar-refractivity contribution < 1.29 is 9.47 Å². The number of halogens is 1. The van der Waals surface area contributed by atoms with Crippen molar-refractivity contribution >= 4 is 35.1 Å². The van der Waals surface area contributed by atoms with Gasteiger partial charge in [-0.25, -0.2) is 0 Å². The first kappa shape index (κ1) is 16.5. The molecule has 2 N–H and O–H groups in total. The van der Waals surface area contributed by atoms with Crippen molar-refractivity contribution in [2.45, 2.75) is 6.54 Å². The number of fused-ring (bicyclic) bond motifs is 1. The van der Waals surface area contributed by atoms with E-state index in [0.717, 1.165) is 11.1 Å². The van der Waals surface area contributed by atoms with E-state index in [-0.39, 0.29) is 0 Å². The van der Waals surface area contributed by atoms with Gasteiger partial charge in [0.2, 0.25) is 0 Å². The molecule has 0 fully saturated rings. The maximum absolute atomic E-state index is 6.18. The van der Waals surface area contributed by atoms with E-state index in [2.05, 4.69) is 15.8 Å². The summed E-state index contributed by atoms with van der Waals surface area (Å²) in [4.78, 5) is 0. The van der Waals surface area contributed by atoms with Crippen LogP contribution in [0, 0.1) is 0 Å². The molecule has 3 rings (SSSR count). The number of ether oxygens (including phenoxy) is 2. The monoisotopic (exact) mass is 361 g/mol. The first-order valence-electron chi connectivity index (χ1n) is 7.42. The molecule has 0 bridgehead atoms. The molecule has 1 aliphatic rings. The van der Waals surface area contributed by atoms with Crippen molar-refractivity contribution in [3.8, 4) is 11.5 Å². The van der Waals surface area contributed by atoms with E-state index in [1.807, 2.05) is 36.4 Å². The summed E-state index contributed by atoms with van der Waals surface area (Å²) in [5, 5.41) is 8.13. The summed E-state index contributed by atoms with van der Waals surface area (Å²) in [6.07, 6.45) is 1.63. The molecule has 0 atom stereocenters. The fourth-order valence-corrected chi connectivity index (χ4v) is 2.59. The normalized spacial score (nSPS) is 12.9. The van der Waals surface area contributed by atoms with E-state index in [9.17, 15) is 0 Å². The fraction of sp³-hybridized carbons (Fsp3) is 0.176. The highest BCUT2D eigenvalue weighted by atomic mass is 35.5. The number of benzene rings is 2. The van der Waals surface area contributed by atoms with Gasteiger partial charge < -0.3 is 14.8 Å². The smallest absolute Gasteiger partial charge is 0.187 e. The second kappa shape index (κ2) is 7.99. The van der Waals surface area contributed by atoms with E-state index < -0.39 is 0 Å². The van der Waals surface area contributed by atoms with Gasteiger partial charge in [-0.05, 0) is 35.5 Å². The molecule has 0 aliphatic carbocycles. The van der Waals surface area contributed by atoms with Crippen LogP contribution in [0.5, 0.6) is 11.5 Å². The topological polar surface area (TPSA) is 54.9 Å². The lowest BCUT2D eigenvalue weighted by molar-refractivity contribution is 0.171. The standard InChI is InChI=1S/C17H16ClN3O2S/c18-14-8-13(9-15-16(14)23-7-6-22-15)11-20-21-17(24)19-10-12-4-2-1-3-5-12/h1-5,8-9,11H,6-7,10H2,(H2,19,21,24)/b20-11-. The molecule has 7 heteroatoms. The SMILES string of the molecule is S=C(NCc1ccccc1)N/N=C\c1cc(Cl)c2c(c1)OCCO2. The van der Waals surface area contributed by atoms with Gasteiger partial charge in [-0.15, -0.1) is 0 Å². The van der Waals surface area contributed by atoms with Crippen LogP contribution in [0.2, 0.25) is 5.02 Å². The van der Waals surface area contributed by atoms with Crippen molar-refractivity contribution in [3.63, 3.8) is 0 Å². The molecule has 24 heavy (non-hydrogen) atoms. The largest absolute Gasteiger partial charge is 0.486 e. The van der Waals surface area contributed by atoms with E-state index >= 15 is 0 Å². The number of rotatable bonds is 4. The molecule has 2 aromatic rings. The first-order valence-corrected chi connectivity index (χ1v) is 8.21. The number of hydrogen-bond acceptors (Lipinski definition) is 4. The minimum Gasteiger partial charge on any atom is -0.486 e. The highest BCUT2D eigenvalue weighted by Crippen LogP contribution is 2.37. The lowest BCUT2D eigenvalue weighted by Crippen LogP contribution is -2.31. The number of hydrogen-bond donors (Lipinski definition) is 2. The Morgan fingerprint density at radius 2 is 2.00 bits per heavy atom. The molecule has 0 unspecified atom stereocenters. The maximum Gasteiger partial charge on any atom is 0.187 e. The Bertz CT molecular complexity index is 753. The summed E-state index contributed by atoms with van der Waals surface area (Å²) >= 11 is 11.4. The molecule has 0 radical (unpaired) electrons. The number of thiocarbonyl (C=S) groups is 1. The molecule has 0 saturated heterocycles. The average molecular weight is 362 g/mol. The minimum absolute atomic E-state index is 0.443. The number of nitrogens with one attached hydrogen (secondary N) is 2. The molecule has 124 valence electrons. The summed E-state index contributed by atoms with van der Waals surface area (Å²) in [5.74, 6) is 1.20. The zero-order valence-electron chi connectivity index (χ0n) is 12.8. The van der Waals surface area contributed by atoms with Crippen molar-refractivity contribution in [2.24, 2.45) is 5.10 Å². The lowest BCUT2D eigenvalue weighted by Gasteiger charge is -2.19. The predicted octanol–water partition coefficient (Wildman–Crippen LogP) is 3.11. The Kier molecular flexibility index (Phi) is 5.51. The Morgan fingerprint density at radius 1 is 1.21 bits per heavy atom. The second-order valence-corrected chi connectivity index (χ2v) is 5.88.